The van der Waals surface area contributed by atoms with Crippen LogP contribution in [-0.2, 0) is 6.18 Å². The molecule has 1 heterocycles. The summed E-state index contributed by atoms with van der Waals surface area (Å²) < 4.78 is 45.6. The number of fused-ring (bicyclic) bond motifs is 1. The summed E-state index contributed by atoms with van der Waals surface area (Å²) in [5.41, 5.74) is 0.319. The van der Waals surface area contributed by atoms with Crippen LogP contribution in [0, 0.1) is 0 Å². The van der Waals surface area contributed by atoms with Gasteiger partial charge in [-0.05, 0) is 37.6 Å². The number of thioether (sulfide) groups is 2. The molecule has 0 aliphatic rings. The zero-order valence-corrected chi connectivity index (χ0v) is 15.3. The summed E-state index contributed by atoms with van der Waals surface area (Å²) in [5.74, 6) is 1.41. The fourth-order valence-electron chi connectivity index (χ4n) is 2.34. The molecule has 2 aromatic rings. The Morgan fingerprint density at radius 2 is 1.79 bits per heavy atom. The Hall–Kier alpha value is -1.28. The molecule has 0 fully saturated rings. The van der Waals surface area contributed by atoms with Crippen LogP contribution in [-0.4, -0.2) is 35.9 Å². The highest BCUT2D eigenvalue weighted by Crippen LogP contribution is 2.38. The van der Waals surface area contributed by atoms with Gasteiger partial charge in [0.05, 0.1) is 29.4 Å². The Morgan fingerprint density at radius 1 is 1.12 bits per heavy atom. The quantitative estimate of drug-likeness (QED) is 0.626. The fourth-order valence-corrected chi connectivity index (χ4v) is 3.56. The number of rotatable bonds is 7. The van der Waals surface area contributed by atoms with Crippen molar-refractivity contribution in [2.45, 2.75) is 13.1 Å². The van der Waals surface area contributed by atoms with Gasteiger partial charge in [-0.1, -0.05) is 0 Å². The van der Waals surface area contributed by atoms with Gasteiger partial charge in [-0.3, -0.25) is 0 Å². The van der Waals surface area contributed by atoms with E-state index in [-0.39, 0.29) is 23.4 Å². The lowest BCUT2D eigenvalue weighted by atomic mass is 10.1. The maximum atomic E-state index is 13.5. The van der Waals surface area contributed by atoms with E-state index in [9.17, 15) is 13.2 Å². The average Bonchev–Trinajstić information content (AvgIpc) is 2.53. The van der Waals surface area contributed by atoms with E-state index in [1.54, 1.807) is 48.6 Å². The largest absolute Gasteiger partial charge is 0.478 e. The third-order valence-electron chi connectivity index (χ3n) is 3.30. The zero-order chi connectivity index (χ0) is 17.7. The van der Waals surface area contributed by atoms with Gasteiger partial charge in [0.2, 0.25) is 5.88 Å². The molecule has 1 aromatic carbocycles. The van der Waals surface area contributed by atoms with Crippen LogP contribution in [0.15, 0.2) is 24.3 Å². The third kappa shape index (κ3) is 4.42. The van der Waals surface area contributed by atoms with E-state index >= 15 is 0 Å². The number of nitrogens with zero attached hydrogens (tertiary/aromatic N) is 2. The van der Waals surface area contributed by atoms with Gasteiger partial charge in [0.15, 0.2) is 0 Å². The molecular weight excluding hydrogens is 357 g/mol. The highest BCUT2D eigenvalue weighted by molar-refractivity contribution is 7.99. The highest BCUT2D eigenvalue weighted by atomic mass is 32.2. The molecule has 24 heavy (non-hydrogen) atoms. The predicted octanol–water partition coefficient (Wildman–Crippen LogP) is 5.10. The van der Waals surface area contributed by atoms with Crippen molar-refractivity contribution in [2.24, 2.45) is 0 Å². The Labute approximate surface area is 148 Å². The van der Waals surface area contributed by atoms with Crippen LogP contribution in [0.25, 0.3) is 10.9 Å². The number of halogens is 3. The zero-order valence-electron chi connectivity index (χ0n) is 13.7. The van der Waals surface area contributed by atoms with Gasteiger partial charge in [0.25, 0.3) is 0 Å². The molecular formula is C16H19F3N2OS2. The lowest BCUT2D eigenvalue weighted by molar-refractivity contribution is -0.136. The predicted molar refractivity (Wildman–Crippen MR) is 97.2 cm³/mol. The number of pyridine rings is 1. The van der Waals surface area contributed by atoms with E-state index in [0.29, 0.717) is 11.8 Å². The summed E-state index contributed by atoms with van der Waals surface area (Å²) in [6.07, 6.45) is -0.535. The topological polar surface area (TPSA) is 25.4 Å². The van der Waals surface area contributed by atoms with E-state index in [1.165, 1.54) is 0 Å². The van der Waals surface area contributed by atoms with E-state index < -0.39 is 11.7 Å². The average molecular weight is 376 g/mol. The molecule has 0 atom stereocenters. The van der Waals surface area contributed by atoms with Gasteiger partial charge in [-0.2, -0.15) is 13.2 Å². The second-order valence-electron chi connectivity index (χ2n) is 5.02. The lowest BCUT2D eigenvalue weighted by Crippen LogP contribution is -2.21. The Kier molecular flexibility index (Phi) is 6.51. The molecule has 8 heteroatoms. The van der Waals surface area contributed by atoms with Crippen molar-refractivity contribution in [1.82, 2.24) is 4.98 Å². The number of ether oxygens (including phenoxy) is 1. The van der Waals surface area contributed by atoms with E-state index in [0.717, 1.165) is 11.8 Å². The number of alkyl halides is 3. The molecule has 0 amide bonds. The first-order valence-corrected chi connectivity index (χ1v) is 10.1. The Morgan fingerprint density at radius 3 is 2.33 bits per heavy atom. The summed E-state index contributed by atoms with van der Waals surface area (Å²) in [6.45, 7) is 1.98. The van der Waals surface area contributed by atoms with Gasteiger partial charge < -0.3 is 9.64 Å². The summed E-state index contributed by atoms with van der Waals surface area (Å²) in [6, 6.07) is 5.96. The van der Waals surface area contributed by atoms with Crippen molar-refractivity contribution >= 4 is 40.1 Å². The molecule has 2 rings (SSSR count). The van der Waals surface area contributed by atoms with Crippen molar-refractivity contribution in [3.63, 3.8) is 0 Å². The van der Waals surface area contributed by atoms with Gasteiger partial charge in [-0.25, -0.2) is 4.98 Å². The molecule has 132 valence electrons. The fraction of sp³-hybridized carbons (Fsp3) is 0.438. The molecule has 0 unspecified atom stereocenters. The van der Waals surface area contributed by atoms with Crippen LogP contribution in [0.4, 0.5) is 18.9 Å². The minimum absolute atomic E-state index is 0.00448. The molecule has 1 aromatic heterocycles. The minimum Gasteiger partial charge on any atom is -0.478 e. The van der Waals surface area contributed by atoms with Crippen LogP contribution in [0.3, 0.4) is 0 Å². The molecule has 0 N–H and O–H groups in total. The maximum Gasteiger partial charge on any atom is 0.417 e. The lowest BCUT2D eigenvalue weighted by Gasteiger charge is -2.23. The number of aromatic nitrogens is 1. The van der Waals surface area contributed by atoms with E-state index in [4.69, 9.17) is 4.74 Å². The van der Waals surface area contributed by atoms with Gasteiger partial charge >= 0.3 is 6.18 Å². The van der Waals surface area contributed by atoms with Crippen LogP contribution >= 0.6 is 23.5 Å². The first-order chi connectivity index (χ1) is 11.4. The monoisotopic (exact) mass is 376 g/mol. The first-order valence-electron chi connectivity index (χ1n) is 7.28. The van der Waals surface area contributed by atoms with Crippen LogP contribution in [0.5, 0.6) is 5.88 Å². The molecule has 0 radical (unpaired) electrons. The summed E-state index contributed by atoms with van der Waals surface area (Å²) in [4.78, 5) is 6.21. The Balaban J connectivity index is 2.59. The van der Waals surface area contributed by atoms with Crippen LogP contribution in [0.1, 0.15) is 12.5 Å². The first kappa shape index (κ1) is 19.1. The van der Waals surface area contributed by atoms with Crippen molar-refractivity contribution in [2.75, 3.05) is 35.8 Å². The maximum absolute atomic E-state index is 13.5. The van der Waals surface area contributed by atoms with Crippen molar-refractivity contribution in [3.8, 4) is 5.88 Å². The summed E-state index contributed by atoms with van der Waals surface area (Å²) >= 11 is 3.25. The standard InChI is InChI=1S/C16H19F3N2OS2/c1-4-22-15-8-13(16(17,18)19)12-7-11(5-6-14(12)20-15)21(9-23-2)10-24-3/h5-8H,4,9-10H2,1-3H3. The minimum atomic E-state index is -4.46. The molecule has 0 aliphatic heterocycles. The summed E-state index contributed by atoms with van der Waals surface area (Å²) in [7, 11) is 0. The molecule has 3 nitrogen and oxygen atoms in total. The summed E-state index contributed by atoms with van der Waals surface area (Å²) in [5, 5.41) is 0.0932. The third-order valence-corrected chi connectivity index (χ3v) is 4.44. The smallest absolute Gasteiger partial charge is 0.417 e. The van der Waals surface area contributed by atoms with Crippen molar-refractivity contribution in [1.29, 1.82) is 0 Å². The van der Waals surface area contributed by atoms with Crippen molar-refractivity contribution in [3.05, 3.63) is 29.8 Å². The number of anilines is 1. The van der Waals surface area contributed by atoms with Crippen LogP contribution < -0.4 is 9.64 Å². The number of hydrogen-bond acceptors (Lipinski definition) is 5. The van der Waals surface area contributed by atoms with Gasteiger partial charge in [0.1, 0.15) is 0 Å². The SMILES string of the molecule is CCOc1cc(C(F)(F)F)c2cc(N(CSC)CSC)ccc2n1. The second kappa shape index (κ2) is 8.20. The van der Waals surface area contributed by atoms with E-state index in [1.807, 2.05) is 17.4 Å². The number of hydrogen-bond donors (Lipinski definition) is 0. The molecule has 0 spiro atoms. The molecule has 0 bridgehead atoms. The Bertz CT molecular complexity index is 689. The number of benzene rings is 1. The van der Waals surface area contributed by atoms with E-state index in [2.05, 4.69) is 4.98 Å². The molecule has 0 saturated carbocycles. The van der Waals surface area contributed by atoms with Crippen LogP contribution in [0.2, 0.25) is 0 Å². The molecule has 0 aliphatic carbocycles. The normalized spacial score (nSPS) is 11.8. The van der Waals surface area contributed by atoms with Crippen molar-refractivity contribution < 1.29 is 17.9 Å². The van der Waals surface area contributed by atoms with Gasteiger partial charge in [-0.15, -0.1) is 23.5 Å². The van der Waals surface area contributed by atoms with Gasteiger partial charge in [0, 0.05) is 17.1 Å². The molecule has 0 saturated heterocycles. The second-order valence-corrected chi connectivity index (χ2v) is 6.69. The highest BCUT2D eigenvalue weighted by Gasteiger charge is 2.34.